The Bertz CT molecular complexity index is 473. The molecule has 0 spiro atoms. The van der Waals surface area contributed by atoms with Gasteiger partial charge in [0.15, 0.2) is 11.6 Å². The standard InChI is InChI=1S/C8H9F2NO3S/c1-2-14-7-3-5(9)6(10)4-8(7)15(11,12)13/h3-4H,2H2,1H3,(H2,11,12,13). The Morgan fingerprint density at radius 2 is 1.87 bits per heavy atom. The normalized spacial score (nSPS) is 11.5. The third-order valence-electron chi connectivity index (χ3n) is 1.59. The predicted molar refractivity (Wildman–Crippen MR) is 48.9 cm³/mol. The van der Waals surface area contributed by atoms with Gasteiger partial charge in [0.25, 0.3) is 0 Å². The van der Waals surface area contributed by atoms with E-state index in [9.17, 15) is 17.2 Å². The van der Waals surface area contributed by atoms with Crippen molar-refractivity contribution in [1.82, 2.24) is 0 Å². The third kappa shape index (κ3) is 2.63. The SMILES string of the molecule is CCOc1cc(F)c(F)cc1S(N)(=O)=O. The van der Waals surface area contributed by atoms with Gasteiger partial charge in [-0.05, 0) is 6.92 Å². The number of ether oxygens (including phenoxy) is 1. The van der Waals surface area contributed by atoms with Gasteiger partial charge in [0.2, 0.25) is 10.0 Å². The molecule has 0 aliphatic rings. The van der Waals surface area contributed by atoms with Crippen LogP contribution in [0.15, 0.2) is 17.0 Å². The molecule has 2 N–H and O–H groups in total. The van der Waals surface area contributed by atoms with Crippen LogP contribution in [0.5, 0.6) is 5.75 Å². The van der Waals surface area contributed by atoms with Gasteiger partial charge in [-0.15, -0.1) is 0 Å². The first-order chi connectivity index (χ1) is 6.86. The van der Waals surface area contributed by atoms with Gasteiger partial charge < -0.3 is 4.74 Å². The van der Waals surface area contributed by atoms with E-state index >= 15 is 0 Å². The summed E-state index contributed by atoms with van der Waals surface area (Å²) < 4.78 is 52.4. The lowest BCUT2D eigenvalue weighted by Crippen LogP contribution is -2.14. The smallest absolute Gasteiger partial charge is 0.241 e. The van der Waals surface area contributed by atoms with Crippen LogP contribution >= 0.6 is 0 Å². The monoisotopic (exact) mass is 237 g/mol. The van der Waals surface area contributed by atoms with Crippen LogP contribution in [0, 0.1) is 11.6 Å². The van der Waals surface area contributed by atoms with Gasteiger partial charge in [-0.3, -0.25) is 0 Å². The number of rotatable bonds is 3. The molecule has 0 unspecified atom stereocenters. The van der Waals surface area contributed by atoms with Crippen molar-refractivity contribution in [2.75, 3.05) is 6.61 Å². The number of sulfonamides is 1. The van der Waals surface area contributed by atoms with Crippen LogP contribution in [0.3, 0.4) is 0 Å². The van der Waals surface area contributed by atoms with Crippen molar-refractivity contribution in [1.29, 1.82) is 0 Å². The molecule has 0 heterocycles. The molecule has 0 saturated heterocycles. The topological polar surface area (TPSA) is 69.4 Å². The summed E-state index contributed by atoms with van der Waals surface area (Å²) in [5, 5.41) is 4.81. The van der Waals surface area contributed by atoms with E-state index in [1.54, 1.807) is 6.92 Å². The summed E-state index contributed by atoms with van der Waals surface area (Å²) >= 11 is 0. The van der Waals surface area contributed by atoms with Crippen molar-refractivity contribution < 1.29 is 21.9 Å². The molecular formula is C8H9F2NO3S. The Morgan fingerprint density at radius 3 is 2.33 bits per heavy atom. The van der Waals surface area contributed by atoms with Crippen LogP contribution in [-0.4, -0.2) is 15.0 Å². The molecule has 0 atom stereocenters. The first-order valence-corrected chi connectivity index (χ1v) is 5.55. The van der Waals surface area contributed by atoms with Gasteiger partial charge in [0, 0.05) is 12.1 Å². The Labute approximate surface area is 85.7 Å². The van der Waals surface area contributed by atoms with Gasteiger partial charge in [-0.1, -0.05) is 0 Å². The lowest BCUT2D eigenvalue weighted by atomic mass is 10.3. The Kier molecular flexibility index (Phi) is 3.25. The average Bonchev–Trinajstić information content (AvgIpc) is 2.09. The zero-order valence-corrected chi connectivity index (χ0v) is 8.64. The number of nitrogens with two attached hydrogens (primary N) is 1. The molecule has 15 heavy (non-hydrogen) atoms. The molecule has 0 bridgehead atoms. The highest BCUT2D eigenvalue weighted by atomic mass is 32.2. The van der Waals surface area contributed by atoms with Crippen LogP contribution in [-0.2, 0) is 10.0 Å². The minimum atomic E-state index is -4.13. The molecule has 0 aliphatic carbocycles. The fourth-order valence-corrected chi connectivity index (χ4v) is 1.67. The molecule has 1 aromatic rings. The third-order valence-corrected chi connectivity index (χ3v) is 2.53. The van der Waals surface area contributed by atoms with Crippen molar-refractivity contribution in [2.45, 2.75) is 11.8 Å². The van der Waals surface area contributed by atoms with Gasteiger partial charge in [0.1, 0.15) is 10.6 Å². The largest absolute Gasteiger partial charge is 0.492 e. The number of benzene rings is 1. The molecule has 7 heteroatoms. The van der Waals surface area contributed by atoms with Crippen LogP contribution in [0.4, 0.5) is 8.78 Å². The zero-order chi connectivity index (χ0) is 11.6. The van der Waals surface area contributed by atoms with E-state index in [0.717, 1.165) is 0 Å². The van der Waals surface area contributed by atoms with E-state index in [1.807, 2.05) is 0 Å². The summed E-state index contributed by atoms with van der Waals surface area (Å²) in [4.78, 5) is -0.566. The van der Waals surface area contributed by atoms with Crippen LogP contribution < -0.4 is 9.88 Å². The molecule has 1 rings (SSSR count). The van der Waals surface area contributed by atoms with E-state index in [2.05, 4.69) is 0 Å². The molecule has 4 nitrogen and oxygen atoms in total. The van der Waals surface area contributed by atoms with Gasteiger partial charge in [0.05, 0.1) is 6.61 Å². The quantitative estimate of drug-likeness (QED) is 0.853. The van der Waals surface area contributed by atoms with E-state index in [1.165, 1.54) is 0 Å². The molecule has 1 aromatic carbocycles. The fourth-order valence-electron chi connectivity index (χ4n) is 1.00. The number of hydrogen-bond donors (Lipinski definition) is 1. The lowest BCUT2D eigenvalue weighted by Gasteiger charge is -2.08. The molecule has 0 aliphatic heterocycles. The van der Waals surface area contributed by atoms with Crippen molar-refractivity contribution in [3.8, 4) is 5.75 Å². The lowest BCUT2D eigenvalue weighted by molar-refractivity contribution is 0.326. The first-order valence-electron chi connectivity index (χ1n) is 4.01. The zero-order valence-electron chi connectivity index (χ0n) is 7.83. The summed E-state index contributed by atoms with van der Waals surface area (Å²) in [6.07, 6.45) is 0. The molecular weight excluding hydrogens is 228 g/mol. The Hall–Kier alpha value is -1.21. The second-order valence-corrected chi connectivity index (χ2v) is 4.22. The van der Waals surface area contributed by atoms with Crippen molar-refractivity contribution in [2.24, 2.45) is 5.14 Å². The van der Waals surface area contributed by atoms with Crippen molar-refractivity contribution in [3.05, 3.63) is 23.8 Å². The van der Waals surface area contributed by atoms with Crippen molar-refractivity contribution >= 4 is 10.0 Å². The number of hydrogen-bond acceptors (Lipinski definition) is 3. The van der Waals surface area contributed by atoms with Crippen LogP contribution in [0.2, 0.25) is 0 Å². The minimum absolute atomic E-state index is 0.119. The van der Waals surface area contributed by atoms with Crippen LogP contribution in [0.25, 0.3) is 0 Å². The summed E-state index contributed by atoms with van der Waals surface area (Å²) in [6, 6.07) is 1.15. The number of primary sulfonamides is 1. The Morgan fingerprint density at radius 1 is 1.33 bits per heavy atom. The minimum Gasteiger partial charge on any atom is -0.492 e. The Balaban J connectivity index is 3.42. The highest BCUT2D eigenvalue weighted by Crippen LogP contribution is 2.25. The van der Waals surface area contributed by atoms with E-state index in [4.69, 9.17) is 9.88 Å². The summed E-state index contributed by atoms with van der Waals surface area (Å²) in [5.41, 5.74) is 0. The van der Waals surface area contributed by atoms with Crippen LogP contribution in [0.1, 0.15) is 6.92 Å². The van der Waals surface area contributed by atoms with E-state index in [0.29, 0.717) is 12.1 Å². The second-order valence-electron chi connectivity index (χ2n) is 2.69. The maximum atomic E-state index is 12.8. The van der Waals surface area contributed by atoms with E-state index in [-0.39, 0.29) is 12.4 Å². The predicted octanol–water partition coefficient (Wildman–Crippen LogP) is 1.01. The van der Waals surface area contributed by atoms with E-state index < -0.39 is 26.6 Å². The maximum Gasteiger partial charge on any atom is 0.241 e. The summed E-state index contributed by atoms with van der Waals surface area (Å²) in [6.45, 7) is 1.70. The molecule has 0 saturated carbocycles. The summed E-state index contributed by atoms with van der Waals surface area (Å²) in [7, 11) is -4.13. The van der Waals surface area contributed by atoms with Crippen molar-refractivity contribution in [3.63, 3.8) is 0 Å². The molecule has 0 amide bonds. The van der Waals surface area contributed by atoms with Gasteiger partial charge in [-0.2, -0.15) is 0 Å². The molecule has 0 aromatic heterocycles. The van der Waals surface area contributed by atoms with Gasteiger partial charge >= 0.3 is 0 Å². The highest BCUT2D eigenvalue weighted by Gasteiger charge is 2.19. The summed E-state index contributed by atoms with van der Waals surface area (Å²) in [5.74, 6) is -2.77. The second kappa shape index (κ2) is 4.11. The molecule has 0 fully saturated rings. The van der Waals surface area contributed by atoms with Gasteiger partial charge in [-0.25, -0.2) is 22.3 Å². The molecule has 0 radical (unpaired) electrons. The fraction of sp³-hybridized carbons (Fsp3) is 0.250. The maximum absolute atomic E-state index is 12.8. The number of halogens is 2. The average molecular weight is 237 g/mol. The molecule has 84 valence electrons. The first kappa shape index (κ1) is 11.9. The highest BCUT2D eigenvalue weighted by molar-refractivity contribution is 7.89.